The van der Waals surface area contributed by atoms with Gasteiger partial charge in [-0.25, -0.2) is 17.2 Å². The van der Waals surface area contributed by atoms with Crippen molar-refractivity contribution < 1.29 is 31.5 Å². The fourth-order valence-electron chi connectivity index (χ4n) is 4.16. The summed E-state index contributed by atoms with van der Waals surface area (Å²) in [5.41, 5.74) is 1.34. The van der Waals surface area contributed by atoms with Crippen LogP contribution in [-0.2, 0) is 26.2 Å². The maximum absolute atomic E-state index is 13.6. The summed E-state index contributed by atoms with van der Waals surface area (Å²) >= 11 is 0. The van der Waals surface area contributed by atoms with Crippen LogP contribution in [0.2, 0.25) is 0 Å². The van der Waals surface area contributed by atoms with Gasteiger partial charge < -0.3 is 15.0 Å². The lowest BCUT2D eigenvalue weighted by atomic mass is 10.0. The third-order valence-corrected chi connectivity index (χ3v) is 7.67. The minimum atomic E-state index is -3.97. The van der Waals surface area contributed by atoms with Gasteiger partial charge in [0.1, 0.15) is 23.4 Å². The zero-order valence-corrected chi connectivity index (χ0v) is 23.8. The lowest BCUT2D eigenvalue weighted by Crippen LogP contribution is -2.45. The predicted molar refractivity (Wildman–Crippen MR) is 158 cm³/mol. The Labute approximate surface area is 248 Å². The normalized spacial score (nSPS) is 11.7. The maximum Gasteiger partial charge on any atom is 0.261 e. The van der Waals surface area contributed by atoms with Gasteiger partial charge in [0.05, 0.1) is 4.90 Å². The first-order chi connectivity index (χ1) is 20.7. The van der Waals surface area contributed by atoms with Crippen LogP contribution < -0.4 is 14.8 Å². The second kappa shape index (κ2) is 14.2. The number of nitrogens with one attached hydrogen (secondary N) is 2. The van der Waals surface area contributed by atoms with Gasteiger partial charge in [-0.1, -0.05) is 48.5 Å². The number of sulfonamides is 1. The molecule has 2 N–H and O–H groups in total. The Hall–Kier alpha value is -5.03. The van der Waals surface area contributed by atoms with Crippen molar-refractivity contribution >= 4 is 27.5 Å². The van der Waals surface area contributed by atoms with Crippen molar-refractivity contribution in [2.45, 2.75) is 17.5 Å². The molecule has 0 unspecified atom stereocenters. The first-order valence-corrected chi connectivity index (χ1v) is 14.6. The van der Waals surface area contributed by atoms with Crippen LogP contribution in [0, 0.1) is 11.6 Å². The number of amides is 2. The molecule has 0 spiro atoms. The third kappa shape index (κ3) is 8.49. The first-order valence-electron chi connectivity index (χ1n) is 13.1. The number of halogens is 2. The summed E-state index contributed by atoms with van der Waals surface area (Å²) in [7, 11) is -3.97. The Morgan fingerprint density at radius 1 is 0.860 bits per heavy atom. The van der Waals surface area contributed by atoms with Crippen molar-refractivity contribution in [3.05, 3.63) is 139 Å². The lowest BCUT2D eigenvalue weighted by molar-refractivity contribution is -0.143. The molecule has 8 nitrogen and oxygen atoms in total. The molecular weight excluding hydrogens is 576 g/mol. The number of carbonyl (C=O) groups excluding carboxylic acids is 2. The Kier molecular flexibility index (Phi) is 10.2. The quantitative estimate of drug-likeness (QED) is 0.204. The Bertz CT molecular complexity index is 1650. The van der Waals surface area contributed by atoms with Crippen LogP contribution in [0.25, 0.3) is 0 Å². The van der Waals surface area contributed by atoms with E-state index in [4.69, 9.17) is 4.74 Å². The molecule has 11 heteroatoms. The van der Waals surface area contributed by atoms with Crippen molar-refractivity contribution in [1.29, 1.82) is 0 Å². The molecule has 0 saturated heterocycles. The fraction of sp³-hybridized carbons (Fsp3) is 0.125. The van der Waals surface area contributed by atoms with Gasteiger partial charge >= 0.3 is 0 Å². The summed E-state index contributed by atoms with van der Waals surface area (Å²) < 4.78 is 60.2. The molecule has 0 fully saturated rings. The monoisotopic (exact) mass is 605 g/mol. The highest BCUT2D eigenvalue weighted by molar-refractivity contribution is 7.92. The van der Waals surface area contributed by atoms with Gasteiger partial charge in [0.2, 0.25) is 5.91 Å². The summed E-state index contributed by atoms with van der Waals surface area (Å²) in [4.78, 5) is 28.2. The highest BCUT2D eigenvalue weighted by atomic mass is 32.2. The molecule has 0 aliphatic rings. The number of benzene rings is 4. The molecule has 0 aliphatic carbocycles. The molecule has 43 heavy (non-hydrogen) atoms. The Morgan fingerprint density at radius 2 is 1.47 bits per heavy atom. The van der Waals surface area contributed by atoms with E-state index in [0.29, 0.717) is 11.1 Å². The molecule has 2 amide bonds. The number of anilines is 1. The topological polar surface area (TPSA) is 105 Å². The van der Waals surface area contributed by atoms with E-state index >= 15 is 0 Å². The van der Waals surface area contributed by atoms with E-state index in [1.165, 1.54) is 71.6 Å². The summed E-state index contributed by atoms with van der Waals surface area (Å²) in [6.07, 6.45) is 1.52. The molecule has 4 aromatic carbocycles. The summed E-state index contributed by atoms with van der Waals surface area (Å²) in [5, 5.41) is 2.74. The minimum Gasteiger partial charge on any atom is -0.484 e. The van der Waals surface area contributed by atoms with E-state index in [0.717, 1.165) is 12.1 Å². The van der Waals surface area contributed by atoms with E-state index < -0.39 is 46.1 Å². The third-order valence-electron chi connectivity index (χ3n) is 6.28. The molecular formula is C32H29F2N3O5S. The SMILES string of the molecule is C=CCNC(=O)[C@H](c1ccccc1)N(Cc1ccc(F)cc1)C(=O)COc1ccc(S(=O)(=O)Nc2ccc(F)cc2)cc1. The van der Waals surface area contributed by atoms with Crippen LogP contribution in [0.4, 0.5) is 14.5 Å². The zero-order valence-electron chi connectivity index (χ0n) is 23.0. The molecule has 0 radical (unpaired) electrons. The summed E-state index contributed by atoms with van der Waals surface area (Å²) in [6.45, 7) is 3.31. The van der Waals surface area contributed by atoms with Crippen molar-refractivity contribution in [2.24, 2.45) is 0 Å². The number of rotatable bonds is 13. The first kappa shape index (κ1) is 30.9. The largest absolute Gasteiger partial charge is 0.484 e. The molecule has 0 saturated carbocycles. The molecule has 0 aromatic heterocycles. The number of hydrogen-bond acceptors (Lipinski definition) is 5. The Balaban J connectivity index is 1.53. The molecule has 0 heterocycles. The van der Waals surface area contributed by atoms with Crippen molar-refractivity contribution in [1.82, 2.24) is 10.2 Å². The van der Waals surface area contributed by atoms with E-state index in [-0.39, 0.29) is 29.4 Å². The fourth-order valence-corrected chi connectivity index (χ4v) is 5.22. The molecule has 0 aliphatic heterocycles. The van der Waals surface area contributed by atoms with E-state index in [9.17, 15) is 26.8 Å². The van der Waals surface area contributed by atoms with Crippen LogP contribution >= 0.6 is 0 Å². The van der Waals surface area contributed by atoms with Gasteiger partial charge in [-0.15, -0.1) is 6.58 Å². The molecule has 1 atom stereocenters. The number of nitrogens with zero attached hydrogens (tertiary/aromatic N) is 1. The van der Waals surface area contributed by atoms with Gasteiger partial charge in [0.15, 0.2) is 6.61 Å². The molecule has 4 rings (SSSR count). The smallest absolute Gasteiger partial charge is 0.261 e. The number of ether oxygens (including phenoxy) is 1. The van der Waals surface area contributed by atoms with E-state index in [1.54, 1.807) is 30.3 Å². The van der Waals surface area contributed by atoms with Crippen LogP contribution in [-0.4, -0.2) is 38.3 Å². The van der Waals surface area contributed by atoms with Gasteiger partial charge in [-0.3, -0.25) is 14.3 Å². The number of hydrogen-bond donors (Lipinski definition) is 2. The molecule has 0 bridgehead atoms. The standard InChI is InChI=1S/C32H29F2N3O5S/c1-2-20-35-32(39)31(24-6-4-3-5-7-24)37(21-23-8-10-25(33)11-9-23)30(38)22-42-28-16-18-29(19-17-28)43(40,41)36-27-14-12-26(34)13-15-27/h2-19,31,36H,1,20-22H2,(H,35,39)/t31-/m0/s1. The van der Waals surface area contributed by atoms with E-state index in [1.807, 2.05) is 0 Å². The number of carbonyl (C=O) groups is 2. The van der Waals surface area contributed by atoms with Crippen LogP contribution in [0.3, 0.4) is 0 Å². The highest BCUT2D eigenvalue weighted by Crippen LogP contribution is 2.25. The van der Waals surface area contributed by atoms with Gasteiger partial charge in [-0.05, 0) is 71.8 Å². The Morgan fingerprint density at radius 3 is 2.07 bits per heavy atom. The average Bonchev–Trinajstić information content (AvgIpc) is 3.01. The minimum absolute atomic E-state index is 0.0181. The van der Waals surface area contributed by atoms with Crippen molar-refractivity contribution in [3.63, 3.8) is 0 Å². The molecule has 4 aromatic rings. The van der Waals surface area contributed by atoms with E-state index in [2.05, 4.69) is 16.6 Å². The summed E-state index contributed by atoms with van der Waals surface area (Å²) in [5.74, 6) is -1.70. The maximum atomic E-state index is 13.6. The second-order valence-electron chi connectivity index (χ2n) is 9.37. The average molecular weight is 606 g/mol. The lowest BCUT2D eigenvalue weighted by Gasteiger charge is -2.31. The highest BCUT2D eigenvalue weighted by Gasteiger charge is 2.31. The van der Waals surface area contributed by atoms with Gasteiger partial charge in [0.25, 0.3) is 15.9 Å². The van der Waals surface area contributed by atoms with Gasteiger partial charge in [-0.2, -0.15) is 0 Å². The van der Waals surface area contributed by atoms with Gasteiger partial charge in [0, 0.05) is 18.8 Å². The van der Waals surface area contributed by atoms with Crippen LogP contribution in [0.15, 0.2) is 121 Å². The zero-order chi connectivity index (χ0) is 30.8. The second-order valence-corrected chi connectivity index (χ2v) is 11.1. The summed E-state index contributed by atoms with van der Waals surface area (Å²) in [6, 6.07) is 23.6. The predicted octanol–water partition coefficient (Wildman–Crippen LogP) is 5.22. The van der Waals surface area contributed by atoms with Crippen LogP contribution in [0.5, 0.6) is 5.75 Å². The van der Waals surface area contributed by atoms with Crippen LogP contribution in [0.1, 0.15) is 17.2 Å². The molecule has 222 valence electrons. The van der Waals surface area contributed by atoms with Crippen molar-refractivity contribution in [3.8, 4) is 5.75 Å². The van der Waals surface area contributed by atoms with Crippen molar-refractivity contribution in [2.75, 3.05) is 17.9 Å².